The van der Waals surface area contributed by atoms with Gasteiger partial charge < -0.3 is 5.11 Å². The van der Waals surface area contributed by atoms with Crippen LogP contribution in [0.2, 0.25) is 0 Å². The Morgan fingerprint density at radius 1 is 1.40 bits per heavy atom. The highest BCUT2D eigenvalue weighted by molar-refractivity contribution is 4.92. The fourth-order valence-electron chi connectivity index (χ4n) is 1.57. The van der Waals surface area contributed by atoms with Gasteiger partial charge in [0.15, 0.2) is 0 Å². The molecule has 58 valence electrons. The van der Waals surface area contributed by atoms with E-state index in [0.29, 0.717) is 0 Å². The minimum absolute atomic E-state index is 0.341. The first-order valence-electron chi connectivity index (χ1n) is 4.10. The van der Waals surface area contributed by atoms with Gasteiger partial charge in [0.25, 0.3) is 0 Å². The van der Waals surface area contributed by atoms with E-state index in [1.165, 1.54) is 12.8 Å². The zero-order chi connectivity index (χ0) is 7.45. The first kappa shape index (κ1) is 7.80. The molecular weight excluding hydrogens is 124 g/mol. The standard InChI is InChI=1S/C9H16O/c1-2-3-6-9(10)7-4-5-8-9/h2-3,10H,4-8H2,1H3/b3-2-. The van der Waals surface area contributed by atoms with Crippen LogP contribution in [0, 0.1) is 0 Å². The highest BCUT2D eigenvalue weighted by atomic mass is 16.3. The van der Waals surface area contributed by atoms with Crippen molar-refractivity contribution in [3.05, 3.63) is 12.2 Å². The maximum Gasteiger partial charge on any atom is 0.0682 e. The zero-order valence-electron chi connectivity index (χ0n) is 6.64. The molecule has 0 aromatic rings. The smallest absolute Gasteiger partial charge is 0.0682 e. The largest absolute Gasteiger partial charge is 0.390 e. The Labute approximate surface area is 62.8 Å². The van der Waals surface area contributed by atoms with Gasteiger partial charge in [0.05, 0.1) is 5.60 Å². The number of hydrogen-bond donors (Lipinski definition) is 1. The average molecular weight is 140 g/mol. The van der Waals surface area contributed by atoms with Crippen molar-refractivity contribution in [3.63, 3.8) is 0 Å². The van der Waals surface area contributed by atoms with Crippen molar-refractivity contribution in [2.24, 2.45) is 0 Å². The molecule has 1 aliphatic rings. The van der Waals surface area contributed by atoms with Crippen LogP contribution in [-0.2, 0) is 0 Å². The monoisotopic (exact) mass is 140 g/mol. The summed E-state index contributed by atoms with van der Waals surface area (Å²) >= 11 is 0. The molecule has 0 atom stereocenters. The van der Waals surface area contributed by atoms with Crippen molar-refractivity contribution in [2.75, 3.05) is 0 Å². The van der Waals surface area contributed by atoms with Crippen LogP contribution in [0.3, 0.4) is 0 Å². The SMILES string of the molecule is C/C=C\CC1(O)CCCC1. The lowest BCUT2D eigenvalue weighted by Gasteiger charge is -2.19. The van der Waals surface area contributed by atoms with E-state index in [0.717, 1.165) is 19.3 Å². The summed E-state index contributed by atoms with van der Waals surface area (Å²) in [5.74, 6) is 0. The Hall–Kier alpha value is -0.300. The molecule has 0 spiro atoms. The Morgan fingerprint density at radius 3 is 2.50 bits per heavy atom. The summed E-state index contributed by atoms with van der Waals surface area (Å²) in [4.78, 5) is 0. The van der Waals surface area contributed by atoms with E-state index in [4.69, 9.17) is 0 Å². The fraction of sp³-hybridized carbons (Fsp3) is 0.778. The Morgan fingerprint density at radius 2 is 2.00 bits per heavy atom. The Kier molecular flexibility index (Phi) is 2.50. The average Bonchev–Trinajstić information content (AvgIpc) is 2.33. The molecule has 0 unspecified atom stereocenters. The third-order valence-electron chi connectivity index (χ3n) is 2.27. The fourth-order valence-corrected chi connectivity index (χ4v) is 1.57. The molecule has 1 N–H and O–H groups in total. The van der Waals surface area contributed by atoms with Crippen molar-refractivity contribution < 1.29 is 5.11 Å². The van der Waals surface area contributed by atoms with Gasteiger partial charge in [-0.25, -0.2) is 0 Å². The van der Waals surface area contributed by atoms with Gasteiger partial charge in [-0.3, -0.25) is 0 Å². The van der Waals surface area contributed by atoms with Crippen molar-refractivity contribution in [1.82, 2.24) is 0 Å². The van der Waals surface area contributed by atoms with Gasteiger partial charge in [-0.2, -0.15) is 0 Å². The molecule has 1 aliphatic carbocycles. The summed E-state index contributed by atoms with van der Waals surface area (Å²) in [5.41, 5.74) is -0.341. The van der Waals surface area contributed by atoms with Gasteiger partial charge in [-0.15, -0.1) is 0 Å². The van der Waals surface area contributed by atoms with Gasteiger partial charge >= 0.3 is 0 Å². The minimum atomic E-state index is -0.341. The third-order valence-corrected chi connectivity index (χ3v) is 2.27. The van der Waals surface area contributed by atoms with E-state index in [2.05, 4.69) is 6.08 Å². The first-order valence-corrected chi connectivity index (χ1v) is 4.10. The van der Waals surface area contributed by atoms with Crippen LogP contribution in [0.1, 0.15) is 39.0 Å². The van der Waals surface area contributed by atoms with Crippen LogP contribution in [0.25, 0.3) is 0 Å². The molecule has 1 heteroatoms. The van der Waals surface area contributed by atoms with Gasteiger partial charge in [0.1, 0.15) is 0 Å². The Balaban J connectivity index is 2.35. The maximum atomic E-state index is 9.77. The molecule has 0 aliphatic heterocycles. The van der Waals surface area contributed by atoms with Crippen LogP contribution in [-0.4, -0.2) is 10.7 Å². The number of rotatable bonds is 2. The minimum Gasteiger partial charge on any atom is -0.390 e. The zero-order valence-corrected chi connectivity index (χ0v) is 6.64. The summed E-state index contributed by atoms with van der Waals surface area (Å²) in [6, 6.07) is 0. The number of allylic oxidation sites excluding steroid dienone is 1. The van der Waals surface area contributed by atoms with Gasteiger partial charge in [0.2, 0.25) is 0 Å². The molecule has 1 saturated carbocycles. The van der Waals surface area contributed by atoms with E-state index < -0.39 is 0 Å². The summed E-state index contributed by atoms with van der Waals surface area (Å²) < 4.78 is 0. The van der Waals surface area contributed by atoms with Crippen LogP contribution in [0.4, 0.5) is 0 Å². The van der Waals surface area contributed by atoms with Crippen LogP contribution in [0.15, 0.2) is 12.2 Å². The third kappa shape index (κ3) is 1.84. The van der Waals surface area contributed by atoms with E-state index in [1.807, 2.05) is 13.0 Å². The topological polar surface area (TPSA) is 20.2 Å². The molecule has 0 radical (unpaired) electrons. The molecule has 0 aromatic heterocycles. The first-order chi connectivity index (χ1) is 4.77. The quantitative estimate of drug-likeness (QED) is 0.583. The van der Waals surface area contributed by atoms with E-state index >= 15 is 0 Å². The summed E-state index contributed by atoms with van der Waals surface area (Å²) in [7, 11) is 0. The second-order valence-electron chi connectivity index (χ2n) is 3.20. The summed E-state index contributed by atoms with van der Waals surface area (Å²) in [6.45, 7) is 2.00. The van der Waals surface area contributed by atoms with Crippen LogP contribution in [0.5, 0.6) is 0 Å². The lowest BCUT2D eigenvalue weighted by Crippen LogP contribution is -2.22. The maximum absolute atomic E-state index is 9.77. The normalized spacial score (nSPS) is 24.2. The Bertz CT molecular complexity index is 121. The second-order valence-corrected chi connectivity index (χ2v) is 3.20. The predicted molar refractivity (Wildman–Crippen MR) is 42.8 cm³/mol. The van der Waals surface area contributed by atoms with Crippen molar-refractivity contribution in [2.45, 2.75) is 44.6 Å². The van der Waals surface area contributed by atoms with E-state index in [-0.39, 0.29) is 5.60 Å². The predicted octanol–water partition coefficient (Wildman–Crippen LogP) is 2.26. The van der Waals surface area contributed by atoms with Crippen LogP contribution >= 0.6 is 0 Å². The van der Waals surface area contributed by atoms with Gasteiger partial charge in [0, 0.05) is 0 Å². The molecule has 1 rings (SSSR count). The lowest BCUT2D eigenvalue weighted by atomic mass is 9.98. The van der Waals surface area contributed by atoms with Crippen molar-refractivity contribution in [1.29, 1.82) is 0 Å². The van der Waals surface area contributed by atoms with E-state index in [1.54, 1.807) is 0 Å². The summed E-state index contributed by atoms with van der Waals surface area (Å²) in [5, 5.41) is 9.77. The molecule has 0 saturated heterocycles. The van der Waals surface area contributed by atoms with Crippen molar-refractivity contribution >= 4 is 0 Å². The highest BCUT2D eigenvalue weighted by Crippen LogP contribution is 2.32. The second kappa shape index (κ2) is 3.20. The number of hydrogen-bond acceptors (Lipinski definition) is 1. The molecular formula is C9H16O. The van der Waals surface area contributed by atoms with Gasteiger partial charge in [-0.05, 0) is 26.2 Å². The molecule has 0 aromatic carbocycles. The molecule has 0 heterocycles. The summed E-state index contributed by atoms with van der Waals surface area (Å²) in [6.07, 6.45) is 9.32. The van der Waals surface area contributed by atoms with Crippen molar-refractivity contribution in [3.8, 4) is 0 Å². The molecule has 10 heavy (non-hydrogen) atoms. The molecule has 0 amide bonds. The van der Waals surface area contributed by atoms with Gasteiger partial charge in [-0.1, -0.05) is 25.0 Å². The molecule has 0 bridgehead atoms. The molecule has 1 fully saturated rings. The highest BCUT2D eigenvalue weighted by Gasteiger charge is 2.29. The molecule has 1 nitrogen and oxygen atoms in total. The number of aliphatic hydroxyl groups is 1. The van der Waals surface area contributed by atoms with Crippen LogP contribution < -0.4 is 0 Å². The lowest BCUT2D eigenvalue weighted by molar-refractivity contribution is 0.0509. The van der Waals surface area contributed by atoms with E-state index in [9.17, 15) is 5.11 Å².